The van der Waals surface area contributed by atoms with Crippen molar-refractivity contribution >= 4 is 18.2 Å². The number of aromatic amines is 1. The molecule has 2 N–H and O–H groups in total. The SMILES string of the molecule is COc1ccccc1C=CC=NNC(=O)c1cc(-c2ccc(F)cc2)n[nH]1. The normalized spacial score (nSPS) is 11.2. The number of halogens is 1. The van der Waals surface area contributed by atoms with Gasteiger partial charge in [0.2, 0.25) is 0 Å². The highest BCUT2D eigenvalue weighted by Gasteiger charge is 2.10. The van der Waals surface area contributed by atoms with Crippen molar-refractivity contribution in [1.82, 2.24) is 15.6 Å². The molecule has 0 fully saturated rings. The molecule has 6 nitrogen and oxygen atoms in total. The summed E-state index contributed by atoms with van der Waals surface area (Å²) in [4.78, 5) is 12.1. The lowest BCUT2D eigenvalue weighted by molar-refractivity contribution is 0.0950. The van der Waals surface area contributed by atoms with Gasteiger partial charge in [0.1, 0.15) is 17.3 Å². The van der Waals surface area contributed by atoms with E-state index in [1.807, 2.05) is 30.3 Å². The van der Waals surface area contributed by atoms with Crippen LogP contribution in [0.2, 0.25) is 0 Å². The Morgan fingerprint density at radius 2 is 2.00 bits per heavy atom. The highest BCUT2D eigenvalue weighted by atomic mass is 19.1. The van der Waals surface area contributed by atoms with Gasteiger partial charge in [-0.15, -0.1) is 0 Å². The number of nitrogens with one attached hydrogen (secondary N) is 2. The summed E-state index contributed by atoms with van der Waals surface area (Å²) in [6.45, 7) is 0. The molecule has 0 atom stereocenters. The third-order valence-corrected chi connectivity index (χ3v) is 3.70. The molecule has 3 aromatic rings. The first-order valence-corrected chi connectivity index (χ1v) is 8.12. The Bertz CT molecular complexity index is 978. The van der Waals surface area contributed by atoms with Crippen molar-refractivity contribution in [2.45, 2.75) is 0 Å². The van der Waals surface area contributed by atoms with Crippen LogP contribution in [0.25, 0.3) is 17.3 Å². The number of allylic oxidation sites excluding steroid dienone is 1. The van der Waals surface area contributed by atoms with E-state index in [4.69, 9.17) is 4.74 Å². The monoisotopic (exact) mass is 364 g/mol. The van der Waals surface area contributed by atoms with E-state index in [9.17, 15) is 9.18 Å². The number of methoxy groups -OCH3 is 1. The zero-order valence-corrected chi connectivity index (χ0v) is 14.5. The van der Waals surface area contributed by atoms with E-state index in [0.29, 0.717) is 11.3 Å². The number of rotatable bonds is 6. The van der Waals surface area contributed by atoms with Gasteiger partial charge in [0.25, 0.3) is 5.91 Å². The summed E-state index contributed by atoms with van der Waals surface area (Å²) in [7, 11) is 1.60. The Morgan fingerprint density at radius 1 is 1.22 bits per heavy atom. The second-order valence-electron chi connectivity index (χ2n) is 5.49. The number of carbonyl (C=O) groups excluding carboxylic acids is 1. The number of hydrazone groups is 1. The van der Waals surface area contributed by atoms with Crippen LogP contribution in [0, 0.1) is 5.82 Å². The molecule has 0 spiro atoms. The van der Waals surface area contributed by atoms with Crippen LogP contribution in [0.15, 0.2) is 65.8 Å². The average molecular weight is 364 g/mol. The smallest absolute Gasteiger partial charge is 0.289 e. The third kappa shape index (κ3) is 4.66. The number of amides is 1. The molecule has 1 amide bonds. The molecule has 136 valence electrons. The highest BCUT2D eigenvalue weighted by molar-refractivity contribution is 5.94. The molecular weight excluding hydrogens is 347 g/mol. The zero-order chi connectivity index (χ0) is 19.1. The number of hydrogen-bond donors (Lipinski definition) is 2. The van der Waals surface area contributed by atoms with Gasteiger partial charge in [-0.25, -0.2) is 9.82 Å². The molecular formula is C20H17FN4O2. The fourth-order valence-corrected chi connectivity index (χ4v) is 2.36. The number of nitrogens with zero attached hydrogens (tertiary/aromatic N) is 2. The number of ether oxygens (including phenoxy) is 1. The minimum absolute atomic E-state index is 0.250. The van der Waals surface area contributed by atoms with Crippen molar-refractivity contribution in [3.8, 4) is 17.0 Å². The van der Waals surface area contributed by atoms with Gasteiger partial charge in [0, 0.05) is 17.3 Å². The number of H-pyrrole nitrogens is 1. The molecule has 1 heterocycles. The molecule has 7 heteroatoms. The Balaban J connectivity index is 1.58. The van der Waals surface area contributed by atoms with E-state index in [2.05, 4.69) is 20.7 Å². The van der Waals surface area contributed by atoms with Crippen molar-refractivity contribution in [2.24, 2.45) is 5.10 Å². The minimum Gasteiger partial charge on any atom is -0.496 e. The topological polar surface area (TPSA) is 79.4 Å². The van der Waals surface area contributed by atoms with E-state index < -0.39 is 5.91 Å². The van der Waals surface area contributed by atoms with Crippen molar-refractivity contribution in [3.63, 3.8) is 0 Å². The van der Waals surface area contributed by atoms with Crippen molar-refractivity contribution in [2.75, 3.05) is 7.11 Å². The summed E-state index contributed by atoms with van der Waals surface area (Å²) in [5.41, 5.74) is 4.80. The van der Waals surface area contributed by atoms with Crippen LogP contribution >= 0.6 is 0 Å². The maximum atomic E-state index is 13.0. The number of benzene rings is 2. The first-order chi connectivity index (χ1) is 13.2. The quantitative estimate of drug-likeness (QED) is 0.518. The van der Waals surface area contributed by atoms with Crippen molar-refractivity contribution in [3.05, 3.63) is 77.7 Å². The lowest BCUT2D eigenvalue weighted by atomic mass is 10.1. The summed E-state index contributed by atoms with van der Waals surface area (Å²) >= 11 is 0. The molecule has 0 aliphatic carbocycles. The molecule has 0 saturated carbocycles. The molecule has 1 aromatic heterocycles. The van der Waals surface area contributed by atoms with Crippen LogP contribution in [0.1, 0.15) is 16.1 Å². The first-order valence-electron chi connectivity index (χ1n) is 8.12. The number of carbonyl (C=O) groups is 1. The van der Waals surface area contributed by atoms with Gasteiger partial charge in [-0.3, -0.25) is 9.89 Å². The molecule has 0 saturated heterocycles. The van der Waals surface area contributed by atoms with Crippen LogP contribution in [-0.2, 0) is 0 Å². The van der Waals surface area contributed by atoms with Gasteiger partial charge >= 0.3 is 0 Å². The predicted molar refractivity (Wildman–Crippen MR) is 102 cm³/mol. The summed E-state index contributed by atoms with van der Waals surface area (Å²) in [6, 6.07) is 15.0. The molecule has 0 unspecified atom stereocenters. The van der Waals surface area contributed by atoms with Crippen LogP contribution in [-0.4, -0.2) is 29.4 Å². The number of hydrogen-bond acceptors (Lipinski definition) is 4. The first kappa shape index (κ1) is 18.1. The molecule has 0 bridgehead atoms. The third-order valence-electron chi connectivity index (χ3n) is 3.70. The highest BCUT2D eigenvalue weighted by Crippen LogP contribution is 2.19. The summed E-state index contributed by atoms with van der Waals surface area (Å²) < 4.78 is 18.2. The van der Waals surface area contributed by atoms with Crippen LogP contribution in [0.5, 0.6) is 5.75 Å². The maximum absolute atomic E-state index is 13.0. The van der Waals surface area contributed by atoms with Gasteiger partial charge < -0.3 is 4.74 Å². The molecule has 2 aromatic carbocycles. The fourth-order valence-electron chi connectivity index (χ4n) is 2.36. The van der Waals surface area contributed by atoms with Crippen molar-refractivity contribution in [1.29, 1.82) is 0 Å². The maximum Gasteiger partial charge on any atom is 0.289 e. The molecule has 0 aliphatic rings. The number of para-hydroxylation sites is 1. The van der Waals surface area contributed by atoms with Gasteiger partial charge in [0.15, 0.2) is 0 Å². The van der Waals surface area contributed by atoms with E-state index in [1.54, 1.807) is 31.4 Å². The average Bonchev–Trinajstić information content (AvgIpc) is 3.19. The van der Waals surface area contributed by atoms with E-state index in [1.165, 1.54) is 18.3 Å². The van der Waals surface area contributed by atoms with Crippen LogP contribution < -0.4 is 10.2 Å². The second-order valence-corrected chi connectivity index (χ2v) is 5.49. The predicted octanol–water partition coefficient (Wildman–Crippen LogP) is 3.65. The minimum atomic E-state index is -0.433. The lowest BCUT2D eigenvalue weighted by Gasteiger charge is -2.02. The van der Waals surface area contributed by atoms with Crippen LogP contribution in [0.3, 0.4) is 0 Å². The summed E-state index contributed by atoms with van der Waals surface area (Å²) in [5, 5.41) is 10.6. The summed E-state index contributed by atoms with van der Waals surface area (Å²) in [6.07, 6.45) is 4.97. The van der Waals surface area contributed by atoms with Crippen LogP contribution in [0.4, 0.5) is 4.39 Å². The molecule has 0 aliphatic heterocycles. The second kappa shape index (κ2) is 8.57. The van der Waals surface area contributed by atoms with Gasteiger partial charge in [-0.1, -0.05) is 18.2 Å². The lowest BCUT2D eigenvalue weighted by Crippen LogP contribution is -2.17. The van der Waals surface area contributed by atoms with Gasteiger partial charge in [-0.05, 0) is 48.6 Å². The number of aromatic nitrogens is 2. The molecule has 3 rings (SSSR count). The zero-order valence-electron chi connectivity index (χ0n) is 14.5. The Hall–Kier alpha value is -3.74. The standard InChI is InChI=1S/C20H17FN4O2/c1-27-19-7-3-2-5-15(19)6-4-12-22-25-20(26)18-13-17(23-24-18)14-8-10-16(21)11-9-14/h2-13H,1H3,(H,23,24)(H,25,26). The van der Waals surface area contributed by atoms with E-state index in [-0.39, 0.29) is 11.5 Å². The molecule has 0 radical (unpaired) electrons. The van der Waals surface area contributed by atoms with E-state index >= 15 is 0 Å². The fraction of sp³-hybridized carbons (Fsp3) is 0.0500. The van der Waals surface area contributed by atoms with Crippen molar-refractivity contribution < 1.29 is 13.9 Å². The van der Waals surface area contributed by atoms with Gasteiger partial charge in [-0.2, -0.15) is 10.2 Å². The van der Waals surface area contributed by atoms with E-state index in [0.717, 1.165) is 11.3 Å². The largest absolute Gasteiger partial charge is 0.496 e. The summed E-state index contributed by atoms with van der Waals surface area (Å²) in [5.74, 6) is -0.0162. The Kier molecular flexibility index (Phi) is 5.73. The van der Waals surface area contributed by atoms with Gasteiger partial charge in [0.05, 0.1) is 12.8 Å². The Morgan fingerprint density at radius 3 is 2.78 bits per heavy atom. The molecule has 27 heavy (non-hydrogen) atoms. The Labute approximate surface area is 155 Å².